The summed E-state index contributed by atoms with van der Waals surface area (Å²) in [6.07, 6.45) is 4.39. The fourth-order valence-corrected chi connectivity index (χ4v) is 3.72. The summed E-state index contributed by atoms with van der Waals surface area (Å²) < 4.78 is 5.23. The molecule has 4 rings (SSSR count). The minimum Gasteiger partial charge on any atom is -0.352 e. The molecule has 1 unspecified atom stereocenters. The lowest BCUT2D eigenvalue weighted by Crippen LogP contribution is -2.46. The van der Waals surface area contributed by atoms with Crippen molar-refractivity contribution in [3.8, 4) is 11.4 Å². The molecule has 1 N–H and O–H groups in total. The fourth-order valence-electron chi connectivity index (χ4n) is 3.09. The van der Waals surface area contributed by atoms with Crippen LogP contribution in [0.1, 0.15) is 38.0 Å². The predicted molar refractivity (Wildman–Crippen MR) is 91.8 cm³/mol. The van der Waals surface area contributed by atoms with Crippen LogP contribution in [0.4, 0.5) is 0 Å². The first kappa shape index (κ1) is 16.3. The number of rotatable bonds is 6. The van der Waals surface area contributed by atoms with Gasteiger partial charge in [0.05, 0.1) is 0 Å². The molecule has 1 aliphatic carbocycles. The van der Waals surface area contributed by atoms with E-state index in [2.05, 4.69) is 15.5 Å². The average molecular weight is 360 g/mol. The number of thiophene rings is 1. The highest BCUT2D eigenvalue weighted by Crippen LogP contribution is 2.23. The molecule has 0 spiro atoms. The van der Waals surface area contributed by atoms with Gasteiger partial charge in [0.15, 0.2) is 0 Å². The molecular formula is C17H20N4O3S. The normalized spacial score (nSPS) is 20.0. The summed E-state index contributed by atoms with van der Waals surface area (Å²) in [7, 11) is 0. The summed E-state index contributed by atoms with van der Waals surface area (Å²) in [5, 5.41) is 10.9. The van der Waals surface area contributed by atoms with E-state index in [0.717, 1.165) is 31.2 Å². The maximum absolute atomic E-state index is 12.5. The molecule has 1 saturated carbocycles. The van der Waals surface area contributed by atoms with Gasteiger partial charge in [-0.05, 0) is 37.1 Å². The maximum atomic E-state index is 12.5. The largest absolute Gasteiger partial charge is 0.352 e. The number of carbonyl (C=O) groups is 2. The summed E-state index contributed by atoms with van der Waals surface area (Å²) in [5.41, 5.74) is 0.919. The Morgan fingerprint density at radius 3 is 3.00 bits per heavy atom. The van der Waals surface area contributed by atoms with Gasteiger partial charge >= 0.3 is 0 Å². The van der Waals surface area contributed by atoms with Gasteiger partial charge in [-0.25, -0.2) is 0 Å². The molecule has 1 atom stereocenters. The topological polar surface area (TPSA) is 88.3 Å². The van der Waals surface area contributed by atoms with E-state index in [9.17, 15) is 9.59 Å². The molecule has 2 aliphatic rings. The van der Waals surface area contributed by atoms with Gasteiger partial charge in [-0.3, -0.25) is 9.59 Å². The van der Waals surface area contributed by atoms with E-state index >= 15 is 0 Å². The molecule has 8 heteroatoms. The number of hydrogen-bond donors (Lipinski definition) is 1. The van der Waals surface area contributed by atoms with Crippen LogP contribution >= 0.6 is 11.3 Å². The fraction of sp³-hybridized carbons (Fsp3) is 0.529. The van der Waals surface area contributed by atoms with E-state index in [-0.39, 0.29) is 24.3 Å². The van der Waals surface area contributed by atoms with Gasteiger partial charge in [0.1, 0.15) is 6.04 Å². The van der Waals surface area contributed by atoms with Crippen molar-refractivity contribution >= 4 is 23.2 Å². The Hall–Kier alpha value is -2.22. The van der Waals surface area contributed by atoms with Crippen LogP contribution < -0.4 is 5.32 Å². The Balaban J connectivity index is 1.32. The van der Waals surface area contributed by atoms with E-state index in [4.69, 9.17) is 4.52 Å². The minimum absolute atomic E-state index is 0.00844. The Kier molecular flexibility index (Phi) is 4.52. The summed E-state index contributed by atoms with van der Waals surface area (Å²) in [6.45, 7) is 0.644. The Labute approximate surface area is 149 Å². The lowest BCUT2D eigenvalue weighted by atomic mass is 10.2. The zero-order valence-electron chi connectivity index (χ0n) is 13.8. The SMILES string of the molecule is O=C(NC1CC1)C1CCCN1C(=O)CCc1nc(-c2ccsc2)no1. The maximum Gasteiger partial charge on any atom is 0.243 e. The first-order valence-electron chi connectivity index (χ1n) is 8.66. The van der Waals surface area contributed by atoms with Crippen molar-refractivity contribution in [1.29, 1.82) is 0 Å². The van der Waals surface area contributed by atoms with Gasteiger partial charge < -0.3 is 14.7 Å². The van der Waals surface area contributed by atoms with Crippen LogP contribution in [0.2, 0.25) is 0 Å². The standard InChI is InChI=1S/C17H20N4O3S/c22-15(21-8-1-2-13(21)17(23)18-12-3-4-12)6-5-14-19-16(20-24-14)11-7-9-25-10-11/h7,9-10,12-13H,1-6,8H2,(H,18,23). The Morgan fingerprint density at radius 2 is 2.24 bits per heavy atom. The number of carbonyl (C=O) groups excluding carboxylic acids is 2. The first-order valence-corrected chi connectivity index (χ1v) is 9.60. The molecular weight excluding hydrogens is 340 g/mol. The lowest BCUT2D eigenvalue weighted by Gasteiger charge is -2.23. The van der Waals surface area contributed by atoms with Crippen molar-refractivity contribution in [1.82, 2.24) is 20.4 Å². The zero-order chi connectivity index (χ0) is 17.2. The second kappa shape index (κ2) is 6.95. The van der Waals surface area contributed by atoms with Crippen LogP contribution in [0, 0.1) is 0 Å². The summed E-state index contributed by atoms with van der Waals surface area (Å²) in [5.74, 6) is 0.967. The van der Waals surface area contributed by atoms with E-state index in [1.54, 1.807) is 16.2 Å². The van der Waals surface area contributed by atoms with Gasteiger partial charge in [0, 0.05) is 36.4 Å². The molecule has 3 heterocycles. The quantitative estimate of drug-likeness (QED) is 0.851. The highest BCUT2D eigenvalue weighted by atomic mass is 32.1. The third-order valence-corrected chi connectivity index (χ3v) is 5.28. The van der Waals surface area contributed by atoms with Crippen LogP contribution in [-0.2, 0) is 16.0 Å². The van der Waals surface area contributed by atoms with Crippen molar-refractivity contribution < 1.29 is 14.1 Å². The van der Waals surface area contributed by atoms with Crippen molar-refractivity contribution in [3.63, 3.8) is 0 Å². The molecule has 7 nitrogen and oxygen atoms in total. The van der Waals surface area contributed by atoms with Crippen LogP contribution in [0.3, 0.4) is 0 Å². The van der Waals surface area contributed by atoms with Crippen LogP contribution in [-0.4, -0.2) is 45.5 Å². The van der Waals surface area contributed by atoms with E-state index in [0.29, 0.717) is 30.7 Å². The van der Waals surface area contributed by atoms with E-state index in [1.165, 1.54) is 0 Å². The number of aromatic nitrogens is 2. The van der Waals surface area contributed by atoms with Crippen molar-refractivity contribution in [2.75, 3.05) is 6.54 Å². The molecule has 0 radical (unpaired) electrons. The van der Waals surface area contributed by atoms with Gasteiger partial charge in [-0.15, -0.1) is 0 Å². The first-order chi connectivity index (χ1) is 12.2. The van der Waals surface area contributed by atoms with Gasteiger partial charge in [0.25, 0.3) is 0 Å². The Morgan fingerprint density at radius 1 is 1.36 bits per heavy atom. The molecule has 1 aliphatic heterocycles. The smallest absolute Gasteiger partial charge is 0.243 e. The van der Waals surface area contributed by atoms with Gasteiger partial charge in [-0.2, -0.15) is 16.3 Å². The average Bonchev–Trinajstić information content (AvgIpc) is 3.10. The number of amides is 2. The monoisotopic (exact) mass is 360 g/mol. The number of likely N-dealkylation sites (tertiary alicyclic amines) is 1. The zero-order valence-corrected chi connectivity index (χ0v) is 14.6. The number of aryl methyl sites for hydroxylation is 1. The summed E-state index contributed by atoms with van der Waals surface area (Å²) in [4.78, 5) is 30.8. The van der Waals surface area contributed by atoms with Gasteiger partial charge in [0.2, 0.25) is 23.5 Å². The Bertz CT molecular complexity index is 754. The summed E-state index contributed by atoms with van der Waals surface area (Å²) >= 11 is 1.57. The van der Waals surface area contributed by atoms with Crippen molar-refractivity contribution in [2.45, 2.75) is 50.6 Å². The van der Waals surface area contributed by atoms with Crippen LogP contribution in [0.25, 0.3) is 11.4 Å². The molecule has 0 bridgehead atoms. The van der Waals surface area contributed by atoms with Crippen molar-refractivity contribution in [3.05, 3.63) is 22.7 Å². The van der Waals surface area contributed by atoms with E-state index in [1.807, 2.05) is 16.8 Å². The highest BCUT2D eigenvalue weighted by molar-refractivity contribution is 7.08. The molecule has 2 aromatic rings. The second-order valence-electron chi connectivity index (χ2n) is 6.55. The third kappa shape index (κ3) is 3.73. The molecule has 132 valence electrons. The molecule has 0 aromatic carbocycles. The van der Waals surface area contributed by atoms with Crippen LogP contribution in [0.15, 0.2) is 21.3 Å². The number of nitrogens with one attached hydrogen (secondary N) is 1. The molecule has 25 heavy (non-hydrogen) atoms. The molecule has 2 amide bonds. The van der Waals surface area contributed by atoms with E-state index < -0.39 is 0 Å². The third-order valence-electron chi connectivity index (χ3n) is 4.60. The highest BCUT2D eigenvalue weighted by Gasteiger charge is 2.36. The number of nitrogens with zero attached hydrogens (tertiary/aromatic N) is 3. The molecule has 2 fully saturated rings. The van der Waals surface area contributed by atoms with Gasteiger partial charge in [-0.1, -0.05) is 5.16 Å². The predicted octanol–water partition coefficient (Wildman–Crippen LogP) is 2.00. The lowest BCUT2D eigenvalue weighted by molar-refractivity contribution is -0.138. The van der Waals surface area contributed by atoms with Crippen molar-refractivity contribution in [2.24, 2.45) is 0 Å². The summed E-state index contributed by atoms with van der Waals surface area (Å²) in [6, 6.07) is 1.92. The number of hydrogen-bond acceptors (Lipinski definition) is 6. The van der Waals surface area contributed by atoms with Crippen LogP contribution in [0.5, 0.6) is 0 Å². The molecule has 1 saturated heterocycles. The minimum atomic E-state index is -0.322. The second-order valence-corrected chi connectivity index (χ2v) is 7.33. The molecule has 2 aromatic heterocycles.